The van der Waals surface area contributed by atoms with Crippen LogP contribution in [0, 0.1) is 0 Å². The molecule has 10 heteroatoms. The van der Waals surface area contributed by atoms with E-state index in [2.05, 4.69) is 4.98 Å². The van der Waals surface area contributed by atoms with Gasteiger partial charge in [0.2, 0.25) is 5.91 Å². The summed E-state index contributed by atoms with van der Waals surface area (Å²) in [4.78, 5) is 32.3. The van der Waals surface area contributed by atoms with E-state index in [9.17, 15) is 22.8 Å². The Bertz CT molecular complexity index is 1230. The van der Waals surface area contributed by atoms with E-state index in [0.717, 1.165) is 28.5 Å². The molecule has 1 amide bonds. The number of carbonyl (C=O) groups is 1. The smallest absolute Gasteiger partial charge is 0.372 e. The van der Waals surface area contributed by atoms with Gasteiger partial charge < -0.3 is 9.64 Å². The fourth-order valence-corrected chi connectivity index (χ4v) is 4.77. The van der Waals surface area contributed by atoms with Crippen molar-refractivity contribution in [3.63, 3.8) is 0 Å². The number of rotatable bonds is 4. The van der Waals surface area contributed by atoms with E-state index < -0.39 is 17.3 Å². The van der Waals surface area contributed by atoms with E-state index in [1.54, 1.807) is 29.2 Å². The number of alkyl halides is 3. The van der Waals surface area contributed by atoms with E-state index in [1.807, 2.05) is 13.8 Å². The maximum Gasteiger partial charge on any atom is 0.416 e. The summed E-state index contributed by atoms with van der Waals surface area (Å²) in [6, 6.07) is 11.1. The van der Waals surface area contributed by atoms with Crippen molar-refractivity contribution >= 4 is 28.6 Å². The number of carbonyl (C=O) groups excluding carboxylic acids is 1. The lowest BCUT2D eigenvalue weighted by atomic mass is 10.2. The van der Waals surface area contributed by atoms with E-state index in [-0.39, 0.29) is 40.1 Å². The first-order valence-electron chi connectivity index (χ1n) is 10.4. The van der Waals surface area contributed by atoms with Crippen molar-refractivity contribution in [2.45, 2.75) is 37.4 Å². The predicted octanol–water partition coefficient (Wildman–Crippen LogP) is 4.13. The van der Waals surface area contributed by atoms with Crippen molar-refractivity contribution in [1.29, 1.82) is 0 Å². The van der Waals surface area contributed by atoms with E-state index >= 15 is 0 Å². The van der Waals surface area contributed by atoms with Crippen molar-refractivity contribution in [2.75, 3.05) is 18.8 Å². The second-order valence-corrected chi connectivity index (χ2v) is 8.89. The SMILES string of the molecule is C[C@@H]1CN(C(=O)CSc2nc3ccccc3c(=O)n2-c2cccc(C(F)(F)F)c2)C[C@@H](C)O1. The van der Waals surface area contributed by atoms with Crippen molar-refractivity contribution in [3.05, 3.63) is 64.4 Å². The molecule has 0 saturated carbocycles. The topological polar surface area (TPSA) is 64.4 Å². The van der Waals surface area contributed by atoms with Crippen LogP contribution in [-0.2, 0) is 15.7 Å². The number of benzene rings is 2. The molecule has 0 bridgehead atoms. The van der Waals surface area contributed by atoms with Gasteiger partial charge in [0.25, 0.3) is 5.56 Å². The van der Waals surface area contributed by atoms with E-state index in [0.29, 0.717) is 18.6 Å². The Kier molecular flexibility index (Phi) is 6.49. The van der Waals surface area contributed by atoms with Gasteiger partial charge in [0.15, 0.2) is 5.16 Å². The Morgan fingerprint density at radius 1 is 1.12 bits per heavy atom. The molecule has 2 atom stereocenters. The maximum absolute atomic E-state index is 13.3. The zero-order valence-electron chi connectivity index (χ0n) is 18.0. The molecule has 1 saturated heterocycles. The molecule has 4 rings (SSSR count). The Morgan fingerprint density at radius 3 is 2.52 bits per heavy atom. The van der Waals surface area contributed by atoms with Crippen LogP contribution in [0.3, 0.4) is 0 Å². The van der Waals surface area contributed by atoms with Gasteiger partial charge in [0.1, 0.15) is 0 Å². The molecule has 1 aromatic heterocycles. The van der Waals surface area contributed by atoms with Crippen LogP contribution in [-0.4, -0.2) is 51.4 Å². The van der Waals surface area contributed by atoms with Crippen LogP contribution < -0.4 is 5.56 Å². The average molecular weight is 478 g/mol. The minimum Gasteiger partial charge on any atom is -0.372 e. The summed E-state index contributed by atoms with van der Waals surface area (Å²) >= 11 is 1.03. The number of thioether (sulfide) groups is 1. The number of halogens is 3. The second kappa shape index (κ2) is 9.18. The first-order chi connectivity index (χ1) is 15.6. The highest BCUT2D eigenvalue weighted by Crippen LogP contribution is 2.31. The highest BCUT2D eigenvalue weighted by atomic mass is 32.2. The normalized spacial score (nSPS) is 19.1. The number of hydrogen-bond acceptors (Lipinski definition) is 5. The fourth-order valence-electron chi connectivity index (χ4n) is 3.86. The maximum atomic E-state index is 13.3. The average Bonchev–Trinajstić information content (AvgIpc) is 2.76. The van der Waals surface area contributed by atoms with E-state index in [1.165, 1.54) is 12.1 Å². The summed E-state index contributed by atoms with van der Waals surface area (Å²) in [6.45, 7) is 4.68. The van der Waals surface area contributed by atoms with Gasteiger partial charge in [-0.15, -0.1) is 0 Å². The molecule has 1 aliphatic rings. The van der Waals surface area contributed by atoms with Crippen molar-refractivity contribution in [1.82, 2.24) is 14.5 Å². The van der Waals surface area contributed by atoms with Gasteiger partial charge in [-0.25, -0.2) is 4.98 Å². The molecule has 6 nitrogen and oxygen atoms in total. The van der Waals surface area contributed by atoms with Crippen LogP contribution in [0.1, 0.15) is 19.4 Å². The summed E-state index contributed by atoms with van der Waals surface area (Å²) in [5.74, 6) is -0.164. The Hall–Kier alpha value is -2.85. The number of nitrogens with zero attached hydrogens (tertiary/aromatic N) is 3. The molecule has 0 radical (unpaired) electrons. The molecule has 2 heterocycles. The molecular formula is C23H22F3N3O3S. The van der Waals surface area contributed by atoms with Gasteiger partial charge >= 0.3 is 6.18 Å². The number of aromatic nitrogens is 2. The van der Waals surface area contributed by atoms with Gasteiger partial charge in [-0.1, -0.05) is 30.0 Å². The van der Waals surface area contributed by atoms with Crippen LogP contribution in [0.15, 0.2) is 58.5 Å². The number of amides is 1. The zero-order chi connectivity index (χ0) is 23.8. The predicted molar refractivity (Wildman–Crippen MR) is 120 cm³/mol. The standard InChI is InChI=1S/C23H22F3N3O3S/c1-14-11-28(12-15(2)32-14)20(30)13-33-22-27-19-9-4-3-8-18(19)21(31)29(22)17-7-5-6-16(10-17)23(24,25)26/h3-10,14-15H,11-13H2,1-2H3/t14-,15-/m1/s1. The number of morpholine rings is 1. The molecule has 2 aromatic carbocycles. The lowest BCUT2D eigenvalue weighted by molar-refractivity contribution is -0.140. The van der Waals surface area contributed by atoms with Crippen LogP contribution in [0.2, 0.25) is 0 Å². The van der Waals surface area contributed by atoms with Gasteiger partial charge in [-0.3, -0.25) is 14.2 Å². The summed E-state index contributed by atoms with van der Waals surface area (Å²) in [5, 5.41) is 0.433. The lowest BCUT2D eigenvalue weighted by Crippen LogP contribution is -2.48. The first-order valence-corrected chi connectivity index (χ1v) is 11.4. The highest BCUT2D eigenvalue weighted by Gasteiger charge is 2.31. The zero-order valence-corrected chi connectivity index (χ0v) is 18.8. The van der Waals surface area contributed by atoms with Crippen LogP contribution in [0.5, 0.6) is 0 Å². The summed E-state index contributed by atoms with van der Waals surface area (Å²) < 4.78 is 46.7. The Labute approximate surface area is 192 Å². The summed E-state index contributed by atoms with van der Waals surface area (Å²) in [6.07, 6.45) is -4.74. The molecule has 1 aliphatic heterocycles. The van der Waals surface area contributed by atoms with Gasteiger partial charge in [0.05, 0.1) is 40.1 Å². The Balaban J connectivity index is 1.72. The minimum absolute atomic E-state index is 0.0107. The van der Waals surface area contributed by atoms with Gasteiger partial charge in [-0.05, 0) is 44.2 Å². The first kappa shape index (κ1) is 23.3. The molecule has 1 fully saturated rings. The molecule has 0 aliphatic carbocycles. The number of ether oxygens (including phenoxy) is 1. The Morgan fingerprint density at radius 2 is 1.82 bits per heavy atom. The third-order valence-corrected chi connectivity index (χ3v) is 6.20. The summed E-state index contributed by atoms with van der Waals surface area (Å²) in [7, 11) is 0. The second-order valence-electron chi connectivity index (χ2n) is 7.94. The van der Waals surface area contributed by atoms with Crippen molar-refractivity contribution in [3.8, 4) is 5.69 Å². The molecule has 0 spiro atoms. The minimum atomic E-state index is -4.56. The lowest BCUT2D eigenvalue weighted by Gasteiger charge is -2.35. The largest absolute Gasteiger partial charge is 0.416 e. The quantitative estimate of drug-likeness (QED) is 0.418. The van der Waals surface area contributed by atoms with Crippen molar-refractivity contribution < 1.29 is 22.7 Å². The van der Waals surface area contributed by atoms with Gasteiger partial charge in [-0.2, -0.15) is 13.2 Å². The third kappa shape index (κ3) is 5.06. The highest BCUT2D eigenvalue weighted by molar-refractivity contribution is 7.99. The summed E-state index contributed by atoms with van der Waals surface area (Å²) in [5.41, 5.74) is -0.919. The number of para-hydroxylation sites is 1. The third-order valence-electron chi connectivity index (χ3n) is 5.27. The molecule has 0 unspecified atom stereocenters. The molecular weight excluding hydrogens is 455 g/mol. The van der Waals surface area contributed by atoms with E-state index in [4.69, 9.17) is 4.74 Å². The van der Waals surface area contributed by atoms with Crippen molar-refractivity contribution in [2.24, 2.45) is 0 Å². The number of fused-ring (bicyclic) bond motifs is 1. The van der Waals surface area contributed by atoms with Crippen LogP contribution in [0.4, 0.5) is 13.2 Å². The molecule has 174 valence electrons. The molecule has 33 heavy (non-hydrogen) atoms. The fraction of sp³-hybridized carbons (Fsp3) is 0.348. The number of hydrogen-bond donors (Lipinski definition) is 0. The van der Waals surface area contributed by atoms with Crippen LogP contribution >= 0.6 is 11.8 Å². The molecule has 3 aromatic rings. The van der Waals surface area contributed by atoms with Crippen LogP contribution in [0.25, 0.3) is 16.6 Å². The van der Waals surface area contributed by atoms with Gasteiger partial charge in [0, 0.05) is 13.1 Å². The monoisotopic (exact) mass is 477 g/mol. The molecule has 0 N–H and O–H groups in total.